The molecule has 2 aliphatic heterocycles. The number of benzene rings is 2. The predicted octanol–water partition coefficient (Wildman–Crippen LogP) is 2.43. The first-order valence-electron chi connectivity index (χ1n) is 11.8. The van der Waals surface area contributed by atoms with Crippen molar-refractivity contribution < 1.29 is 33.7 Å². The summed E-state index contributed by atoms with van der Waals surface area (Å²) in [5.74, 6) is -1.84. The van der Waals surface area contributed by atoms with Gasteiger partial charge in [-0.3, -0.25) is 4.79 Å². The normalized spacial score (nSPS) is 22.6. The third-order valence-electron chi connectivity index (χ3n) is 7.25. The molecule has 0 radical (unpaired) electrons. The number of hydrogen-bond acceptors (Lipinski definition) is 6. The highest BCUT2D eigenvalue weighted by atomic mass is 16.5. The Morgan fingerprint density at radius 3 is 2.00 bits per heavy atom. The number of ether oxygens (including phenoxy) is 3. The SMILES string of the molecule is O=C(NC1(C(=O)NC2(C(=O)O)CCOC2)CCOCC1)OCC1c2ccccc2-c2ccccc21. The van der Waals surface area contributed by atoms with Crippen LogP contribution in [0.25, 0.3) is 11.1 Å². The fourth-order valence-electron chi connectivity index (χ4n) is 5.18. The van der Waals surface area contributed by atoms with Gasteiger partial charge in [-0.15, -0.1) is 0 Å². The first-order chi connectivity index (χ1) is 16.9. The number of amides is 2. The molecule has 2 aromatic carbocycles. The van der Waals surface area contributed by atoms with E-state index in [0.717, 1.165) is 22.3 Å². The van der Waals surface area contributed by atoms with Crippen LogP contribution in [0.2, 0.25) is 0 Å². The number of nitrogens with one attached hydrogen (secondary N) is 2. The number of hydrogen-bond donors (Lipinski definition) is 3. The summed E-state index contributed by atoms with van der Waals surface area (Å²) >= 11 is 0. The van der Waals surface area contributed by atoms with E-state index in [1.54, 1.807) is 0 Å². The molecule has 2 heterocycles. The minimum atomic E-state index is -1.51. The van der Waals surface area contributed by atoms with Crippen LogP contribution in [0.15, 0.2) is 48.5 Å². The maximum absolute atomic E-state index is 13.4. The zero-order valence-electron chi connectivity index (χ0n) is 19.2. The molecule has 2 saturated heterocycles. The summed E-state index contributed by atoms with van der Waals surface area (Å²) in [7, 11) is 0. The van der Waals surface area contributed by atoms with E-state index in [0.29, 0.717) is 0 Å². The van der Waals surface area contributed by atoms with E-state index in [1.165, 1.54) is 0 Å². The predicted molar refractivity (Wildman–Crippen MR) is 125 cm³/mol. The summed E-state index contributed by atoms with van der Waals surface area (Å²) < 4.78 is 16.3. The summed E-state index contributed by atoms with van der Waals surface area (Å²) in [6, 6.07) is 16.1. The maximum atomic E-state index is 13.4. The van der Waals surface area contributed by atoms with Gasteiger partial charge in [-0.05, 0) is 22.3 Å². The fourth-order valence-corrected chi connectivity index (χ4v) is 5.18. The van der Waals surface area contributed by atoms with Crippen molar-refractivity contribution in [3.8, 4) is 11.1 Å². The Balaban J connectivity index is 1.30. The lowest BCUT2D eigenvalue weighted by atomic mass is 9.87. The van der Waals surface area contributed by atoms with Crippen molar-refractivity contribution in [3.63, 3.8) is 0 Å². The third-order valence-corrected chi connectivity index (χ3v) is 7.25. The van der Waals surface area contributed by atoms with Gasteiger partial charge in [0.05, 0.1) is 6.61 Å². The van der Waals surface area contributed by atoms with E-state index >= 15 is 0 Å². The molecular weight excluding hydrogens is 452 g/mol. The molecule has 1 unspecified atom stereocenters. The highest BCUT2D eigenvalue weighted by Gasteiger charge is 2.50. The monoisotopic (exact) mass is 480 g/mol. The average Bonchev–Trinajstić information content (AvgIpc) is 3.47. The lowest BCUT2D eigenvalue weighted by Gasteiger charge is -2.38. The molecule has 1 aliphatic carbocycles. The van der Waals surface area contributed by atoms with Crippen LogP contribution in [-0.4, -0.2) is 67.2 Å². The van der Waals surface area contributed by atoms with Crippen molar-refractivity contribution in [2.75, 3.05) is 33.0 Å². The Bertz CT molecular complexity index is 1090. The van der Waals surface area contributed by atoms with Gasteiger partial charge >= 0.3 is 12.1 Å². The Kier molecular flexibility index (Phi) is 6.21. The highest BCUT2D eigenvalue weighted by Crippen LogP contribution is 2.44. The molecule has 35 heavy (non-hydrogen) atoms. The molecular formula is C26H28N2O7. The van der Waals surface area contributed by atoms with Crippen molar-refractivity contribution in [3.05, 3.63) is 59.7 Å². The number of rotatable bonds is 6. The quantitative estimate of drug-likeness (QED) is 0.580. The van der Waals surface area contributed by atoms with Gasteiger partial charge < -0.3 is 30.0 Å². The molecule has 0 aromatic heterocycles. The zero-order chi connectivity index (χ0) is 24.5. The van der Waals surface area contributed by atoms with Crippen LogP contribution < -0.4 is 10.6 Å². The van der Waals surface area contributed by atoms with Gasteiger partial charge in [0.25, 0.3) is 0 Å². The molecule has 2 amide bonds. The topological polar surface area (TPSA) is 123 Å². The smallest absolute Gasteiger partial charge is 0.408 e. The van der Waals surface area contributed by atoms with E-state index in [2.05, 4.69) is 22.8 Å². The van der Waals surface area contributed by atoms with Crippen molar-refractivity contribution in [2.24, 2.45) is 0 Å². The lowest BCUT2D eigenvalue weighted by molar-refractivity contribution is -0.149. The van der Waals surface area contributed by atoms with Gasteiger partial charge in [0.1, 0.15) is 12.1 Å². The maximum Gasteiger partial charge on any atom is 0.408 e. The van der Waals surface area contributed by atoms with Crippen molar-refractivity contribution in [2.45, 2.75) is 36.3 Å². The zero-order valence-corrected chi connectivity index (χ0v) is 19.2. The van der Waals surface area contributed by atoms with Crippen LogP contribution in [0.5, 0.6) is 0 Å². The first-order valence-corrected chi connectivity index (χ1v) is 11.8. The molecule has 2 fully saturated rings. The number of aliphatic carboxylic acids is 1. The van der Waals surface area contributed by atoms with Gasteiger partial charge in [-0.25, -0.2) is 9.59 Å². The van der Waals surface area contributed by atoms with Gasteiger partial charge in [-0.1, -0.05) is 48.5 Å². The van der Waals surface area contributed by atoms with E-state index < -0.39 is 29.0 Å². The minimum Gasteiger partial charge on any atom is -0.479 e. The standard InChI is InChI=1S/C26H28N2O7/c29-22(27-26(23(30)31)11-14-34-16-26)25(9-12-33-13-10-25)28-24(32)35-15-21-19-7-3-1-5-17(19)18-6-2-4-8-20(18)21/h1-8,21H,9-16H2,(H,27,29)(H,28,32)(H,30,31). The van der Waals surface area contributed by atoms with Gasteiger partial charge in [0.15, 0.2) is 5.54 Å². The van der Waals surface area contributed by atoms with Crippen LogP contribution in [0.4, 0.5) is 4.79 Å². The van der Waals surface area contributed by atoms with E-state index in [-0.39, 0.29) is 58.2 Å². The Morgan fingerprint density at radius 2 is 1.43 bits per heavy atom. The number of carbonyl (C=O) groups excluding carboxylic acids is 2. The molecule has 9 nitrogen and oxygen atoms in total. The van der Waals surface area contributed by atoms with Crippen LogP contribution in [0.3, 0.4) is 0 Å². The van der Waals surface area contributed by atoms with Crippen LogP contribution in [-0.2, 0) is 23.8 Å². The van der Waals surface area contributed by atoms with Crippen LogP contribution in [0, 0.1) is 0 Å². The molecule has 0 saturated carbocycles. The fraction of sp³-hybridized carbons (Fsp3) is 0.423. The van der Waals surface area contributed by atoms with Gasteiger partial charge in [-0.2, -0.15) is 0 Å². The average molecular weight is 481 g/mol. The Labute approximate surface area is 202 Å². The third kappa shape index (κ3) is 4.26. The number of carboxylic acid groups (broad SMARTS) is 1. The second-order valence-corrected chi connectivity index (χ2v) is 9.29. The van der Waals surface area contributed by atoms with E-state index in [4.69, 9.17) is 14.2 Å². The molecule has 184 valence electrons. The lowest BCUT2D eigenvalue weighted by Crippen LogP contribution is -2.67. The number of alkyl carbamates (subject to hydrolysis) is 1. The molecule has 9 heteroatoms. The van der Waals surface area contributed by atoms with Crippen LogP contribution in [0.1, 0.15) is 36.3 Å². The summed E-state index contributed by atoms with van der Waals surface area (Å²) in [5, 5.41) is 15.1. The van der Waals surface area contributed by atoms with Gasteiger partial charge in [0, 0.05) is 45.0 Å². The summed E-state index contributed by atoms with van der Waals surface area (Å²) in [6.07, 6.45) is -0.152. The molecule has 0 spiro atoms. The van der Waals surface area contributed by atoms with Gasteiger partial charge in [0.2, 0.25) is 5.91 Å². The Hall–Kier alpha value is -3.43. The molecule has 1 atom stereocenters. The summed E-state index contributed by atoms with van der Waals surface area (Å²) in [5.41, 5.74) is 1.58. The first kappa shape index (κ1) is 23.3. The van der Waals surface area contributed by atoms with E-state index in [9.17, 15) is 19.5 Å². The number of carbonyl (C=O) groups is 3. The minimum absolute atomic E-state index is 0.112. The molecule has 0 bridgehead atoms. The molecule has 2 aromatic rings. The summed E-state index contributed by atoms with van der Waals surface area (Å²) in [6.45, 7) is 0.746. The number of fused-ring (bicyclic) bond motifs is 3. The summed E-state index contributed by atoms with van der Waals surface area (Å²) in [4.78, 5) is 38.2. The molecule has 3 N–H and O–H groups in total. The van der Waals surface area contributed by atoms with Crippen molar-refractivity contribution in [1.29, 1.82) is 0 Å². The van der Waals surface area contributed by atoms with Crippen molar-refractivity contribution >= 4 is 18.0 Å². The molecule has 5 rings (SSSR count). The van der Waals surface area contributed by atoms with E-state index in [1.807, 2.05) is 36.4 Å². The second kappa shape index (κ2) is 9.31. The Morgan fingerprint density at radius 1 is 0.857 bits per heavy atom. The van der Waals surface area contributed by atoms with Crippen LogP contribution >= 0.6 is 0 Å². The largest absolute Gasteiger partial charge is 0.479 e. The highest BCUT2D eigenvalue weighted by molar-refractivity contribution is 5.94. The second-order valence-electron chi connectivity index (χ2n) is 9.29. The molecule has 3 aliphatic rings. The number of carboxylic acids is 1. The van der Waals surface area contributed by atoms with Crippen molar-refractivity contribution in [1.82, 2.24) is 10.6 Å².